The number of benzene rings is 2. The van der Waals surface area contributed by atoms with Crippen molar-refractivity contribution in [3.8, 4) is 0 Å². The smallest absolute Gasteiger partial charge is 0.254 e. The quantitative estimate of drug-likeness (QED) is 0.774. The molecule has 2 aromatic carbocycles. The molecule has 0 radical (unpaired) electrons. The highest BCUT2D eigenvalue weighted by atomic mass is 16.2. The molecule has 1 fully saturated rings. The van der Waals surface area contributed by atoms with Crippen LogP contribution in [0, 0.1) is 6.92 Å². The van der Waals surface area contributed by atoms with Crippen LogP contribution in [0.4, 0.5) is 5.69 Å². The number of nitrogens with zero attached hydrogens (tertiary/aromatic N) is 1. The van der Waals surface area contributed by atoms with E-state index in [1.165, 1.54) is 0 Å². The van der Waals surface area contributed by atoms with Gasteiger partial charge in [0.15, 0.2) is 17.1 Å². The summed E-state index contributed by atoms with van der Waals surface area (Å²) in [4.78, 5) is 42.7. The molecule has 1 spiro atoms. The number of ketones is 2. The molecule has 0 saturated carbocycles. The molecule has 2 atom stereocenters. The number of hydrogen-bond donors (Lipinski definition) is 1. The number of nitrogens with one attached hydrogen (secondary N) is 1. The van der Waals surface area contributed by atoms with Gasteiger partial charge in [0.25, 0.3) is 5.91 Å². The first-order valence-electron chi connectivity index (χ1n) is 9.67. The van der Waals surface area contributed by atoms with Crippen LogP contribution in [0.1, 0.15) is 44.7 Å². The lowest BCUT2D eigenvalue weighted by atomic mass is 9.74. The maximum absolute atomic E-state index is 13.7. The molecule has 3 heterocycles. The van der Waals surface area contributed by atoms with E-state index in [-0.39, 0.29) is 23.5 Å². The summed E-state index contributed by atoms with van der Waals surface area (Å²) >= 11 is 0. The van der Waals surface area contributed by atoms with Crippen LogP contribution in [-0.2, 0) is 10.3 Å². The zero-order valence-corrected chi connectivity index (χ0v) is 15.4. The second-order valence-electron chi connectivity index (χ2n) is 8.06. The molecule has 2 aromatic rings. The Bertz CT molecular complexity index is 1160. The van der Waals surface area contributed by atoms with Gasteiger partial charge in [-0.2, -0.15) is 0 Å². The molecule has 1 aliphatic carbocycles. The summed E-state index contributed by atoms with van der Waals surface area (Å²) in [7, 11) is 0. The Morgan fingerprint density at radius 1 is 1.04 bits per heavy atom. The van der Waals surface area contributed by atoms with Gasteiger partial charge in [0.05, 0.1) is 0 Å². The van der Waals surface area contributed by atoms with E-state index < -0.39 is 5.54 Å². The summed E-state index contributed by atoms with van der Waals surface area (Å²) in [6.45, 7) is 2.67. The van der Waals surface area contributed by atoms with Gasteiger partial charge in [0.1, 0.15) is 0 Å². The van der Waals surface area contributed by atoms with Gasteiger partial charge in [-0.3, -0.25) is 19.3 Å². The Kier molecular flexibility index (Phi) is 2.88. The first-order chi connectivity index (χ1) is 13.5. The molecule has 0 bridgehead atoms. The topological polar surface area (TPSA) is 66.5 Å². The van der Waals surface area contributed by atoms with Crippen LogP contribution in [0.25, 0.3) is 0 Å². The largest absolute Gasteiger partial charge is 0.324 e. The number of amides is 1. The van der Waals surface area contributed by atoms with E-state index in [9.17, 15) is 14.4 Å². The van der Waals surface area contributed by atoms with Gasteiger partial charge in [0.2, 0.25) is 0 Å². The minimum Gasteiger partial charge on any atom is -0.324 e. The average molecular weight is 370 g/mol. The molecule has 0 aromatic heterocycles. The molecule has 1 saturated heterocycles. The zero-order chi connectivity index (χ0) is 19.2. The summed E-state index contributed by atoms with van der Waals surface area (Å²) in [6, 6.07) is 12.6. The highest BCUT2D eigenvalue weighted by molar-refractivity contribution is 6.32. The third-order valence-electron chi connectivity index (χ3n) is 6.68. The molecule has 5 heteroatoms. The van der Waals surface area contributed by atoms with Crippen LogP contribution in [0.2, 0.25) is 0 Å². The van der Waals surface area contributed by atoms with Crippen molar-refractivity contribution < 1.29 is 14.4 Å². The molecule has 28 heavy (non-hydrogen) atoms. The normalized spacial score (nSPS) is 27.8. The fourth-order valence-corrected chi connectivity index (χ4v) is 5.62. The van der Waals surface area contributed by atoms with Crippen molar-refractivity contribution in [2.24, 2.45) is 0 Å². The van der Waals surface area contributed by atoms with Crippen LogP contribution >= 0.6 is 0 Å². The molecule has 6 rings (SSSR count). The molecule has 0 unspecified atom stereocenters. The fourth-order valence-electron chi connectivity index (χ4n) is 5.62. The van der Waals surface area contributed by atoms with E-state index in [0.717, 1.165) is 29.7 Å². The first-order valence-corrected chi connectivity index (χ1v) is 9.67. The van der Waals surface area contributed by atoms with Crippen LogP contribution < -0.4 is 5.32 Å². The summed E-state index contributed by atoms with van der Waals surface area (Å²) in [6.07, 6.45) is 1.69. The van der Waals surface area contributed by atoms with Crippen molar-refractivity contribution in [1.29, 1.82) is 0 Å². The van der Waals surface area contributed by atoms with Gasteiger partial charge in [-0.25, -0.2) is 0 Å². The van der Waals surface area contributed by atoms with Crippen molar-refractivity contribution in [2.75, 3.05) is 11.9 Å². The lowest BCUT2D eigenvalue weighted by Crippen LogP contribution is -2.51. The lowest BCUT2D eigenvalue weighted by Gasteiger charge is -2.35. The SMILES string of the molecule is Cc1ccc2c(c1)[C@@]1(C(=O)N2)C2=C(C(=O)c3ccccc3C2=O)[C@H]2CCCN21. The molecular formula is C23H18N2O3. The predicted molar refractivity (Wildman–Crippen MR) is 103 cm³/mol. The highest BCUT2D eigenvalue weighted by Crippen LogP contribution is 2.57. The number of hydrogen-bond acceptors (Lipinski definition) is 4. The van der Waals surface area contributed by atoms with E-state index >= 15 is 0 Å². The highest BCUT2D eigenvalue weighted by Gasteiger charge is 2.66. The maximum atomic E-state index is 13.7. The molecule has 1 amide bonds. The van der Waals surface area contributed by atoms with Gasteiger partial charge in [0, 0.05) is 46.1 Å². The standard InChI is InChI=1S/C23H18N2O3/c1-12-8-9-16-15(11-12)23(22(28)24-16)19-18(17-7-4-10-25(17)23)20(26)13-5-2-3-6-14(13)21(19)27/h2-3,5-6,8-9,11,17H,4,7,10H2,1H3,(H,24,28)/t17-,23+/m1/s1. The number of rotatable bonds is 0. The van der Waals surface area contributed by atoms with E-state index in [2.05, 4.69) is 10.2 Å². The molecule has 3 aliphatic heterocycles. The van der Waals surface area contributed by atoms with Crippen LogP contribution in [-0.4, -0.2) is 35.0 Å². The predicted octanol–water partition coefficient (Wildman–Crippen LogP) is 3.00. The van der Waals surface area contributed by atoms with Crippen molar-refractivity contribution in [2.45, 2.75) is 31.3 Å². The second-order valence-corrected chi connectivity index (χ2v) is 8.06. The second kappa shape index (κ2) is 5.06. The van der Waals surface area contributed by atoms with Crippen molar-refractivity contribution in [3.05, 3.63) is 75.9 Å². The summed E-state index contributed by atoms with van der Waals surface area (Å²) < 4.78 is 0. The Morgan fingerprint density at radius 3 is 2.57 bits per heavy atom. The lowest BCUT2D eigenvalue weighted by molar-refractivity contribution is -0.124. The zero-order valence-electron chi connectivity index (χ0n) is 15.4. The Balaban J connectivity index is 1.71. The Morgan fingerprint density at radius 2 is 1.79 bits per heavy atom. The average Bonchev–Trinajstić information content (AvgIpc) is 3.34. The molecule has 1 N–H and O–H groups in total. The maximum Gasteiger partial charge on any atom is 0.254 e. The van der Waals surface area contributed by atoms with Crippen LogP contribution in [0.5, 0.6) is 0 Å². The Hall–Kier alpha value is -3.05. The van der Waals surface area contributed by atoms with Crippen LogP contribution in [0.3, 0.4) is 0 Å². The molecule has 138 valence electrons. The number of anilines is 1. The molecule has 4 aliphatic rings. The van der Waals surface area contributed by atoms with Crippen molar-refractivity contribution in [1.82, 2.24) is 4.90 Å². The number of carbonyl (C=O) groups excluding carboxylic acids is 3. The van der Waals surface area contributed by atoms with Crippen molar-refractivity contribution >= 4 is 23.2 Å². The van der Waals surface area contributed by atoms with E-state index in [4.69, 9.17) is 0 Å². The number of Topliss-reactive ketones (excluding diaryl/α,β-unsaturated/α-hetero) is 2. The number of carbonyl (C=O) groups is 3. The van der Waals surface area contributed by atoms with Gasteiger partial charge in [-0.05, 0) is 25.8 Å². The summed E-state index contributed by atoms with van der Waals surface area (Å²) in [5, 5.41) is 2.98. The van der Waals surface area contributed by atoms with Crippen LogP contribution in [0.15, 0.2) is 53.6 Å². The van der Waals surface area contributed by atoms with Gasteiger partial charge in [-0.1, -0.05) is 42.0 Å². The fraction of sp³-hybridized carbons (Fsp3) is 0.261. The minimum absolute atomic E-state index is 0.104. The van der Waals surface area contributed by atoms with E-state index in [1.54, 1.807) is 24.3 Å². The van der Waals surface area contributed by atoms with Gasteiger partial charge < -0.3 is 5.32 Å². The van der Waals surface area contributed by atoms with Gasteiger partial charge in [-0.15, -0.1) is 0 Å². The van der Waals surface area contributed by atoms with E-state index in [0.29, 0.717) is 28.8 Å². The third-order valence-corrected chi connectivity index (χ3v) is 6.68. The molecular weight excluding hydrogens is 352 g/mol. The molecule has 5 nitrogen and oxygen atoms in total. The van der Waals surface area contributed by atoms with Gasteiger partial charge >= 0.3 is 0 Å². The van der Waals surface area contributed by atoms with E-state index in [1.807, 2.05) is 25.1 Å². The monoisotopic (exact) mass is 370 g/mol. The van der Waals surface area contributed by atoms with Crippen molar-refractivity contribution in [3.63, 3.8) is 0 Å². The summed E-state index contributed by atoms with van der Waals surface area (Å²) in [5.74, 6) is -0.512. The number of aryl methyl sites for hydroxylation is 1. The summed E-state index contributed by atoms with van der Waals surface area (Å²) in [5.41, 5.74) is 3.13. The number of fused-ring (bicyclic) bond motifs is 7. The Labute approximate surface area is 162 Å². The third kappa shape index (κ3) is 1.61. The minimum atomic E-state index is -1.20. The first kappa shape index (κ1) is 16.0.